The summed E-state index contributed by atoms with van der Waals surface area (Å²) in [6.45, 7) is 1.41. The third kappa shape index (κ3) is 4.61. The van der Waals surface area contributed by atoms with Crippen LogP contribution in [0.5, 0.6) is 17.2 Å². The lowest BCUT2D eigenvalue weighted by Crippen LogP contribution is -2.54. The normalized spacial score (nSPS) is 17.4. The number of methoxy groups -OCH3 is 1. The summed E-state index contributed by atoms with van der Waals surface area (Å²) in [4.78, 5) is 35.7. The lowest BCUT2D eigenvalue weighted by molar-refractivity contribution is -0.0477. The Hall–Kier alpha value is -4.66. The minimum Gasteiger partial charge on any atom is -0.496 e. The summed E-state index contributed by atoms with van der Waals surface area (Å²) in [7, 11) is 1.63. The molecule has 1 spiro atoms. The number of hydrogen-bond donors (Lipinski definition) is 1. The summed E-state index contributed by atoms with van der Waals surface area (Å²) in [5, 5.41) is 10.2. The third-order valence-corrected chi connectivity index (χ3v) is 8.33. The van der Waals surface area contributed by atoms with Gasteiger partial charge in [0.25, 0.3) is 5.91 Å². The first-order chi connectivity index (χ1) is 19.9. The maximum absolute atomic E-state index is 13.6. The van der Waals surface area contributed by atoms with Gasteiger partial charge in [-0.05, 0) is 54.2 Å². The van der Waals surface area contributed by atoms with Crippen molar-refractivity contribution >= 4 is 22.8 Å². The molecular weight excluding hydrogens is 522 g/mol. The van der Waals surface area contributed by atoms with Crippen LogP contribution in [-0.4, -0.2) is 64.3 Å². The second kappa shape index (κ2) is 9.76. The number of piperidine rings is 1. The summed E-state index contributed by atoms with van der Waals surface area (Å²) in [6.07, 6.45) is 6.50. The van der Waals surface area contributed by atoms with E-state index >= 15 is 0 Å². The first-order valence-corrected chi connectivity index (χ1v) is 13.8. The van der Waals surface area contributed by atoms with Gasteiger partial charge in [-0.25, -0.2) is 9.78 Å². The number of rotatable bonds is 5. The second-order valence-electron chi connectivity index (χ2n) is 11.0. The standard InChI is InChI=1S/C32H29N3O6/c1-39-27-15-25(34-29-23(19-5-6-19)3-2-4-24(27)29)30(36)35-11-9-32(10-12-35)18-40-28-14-20(7-8-26(28)41-32)21-13-22(31(37)38)17-33-16-21/h2-4,7-8,13-17,19H,5-6,9-12,18H2,1H3,(H,37,38). The maximum Gasteiger partial charge on any atom is 0.337 e. The molecule has 2 aromatic heterocycles. The molecule has 2 aromatic carbocycles. The molecule has 3 aliphatic rings. The van der Waals surface area contributed by atoms with Crippen molar-refractivity contribution in [2.24, 2.45) is 0 Å². The van der Waals surface area contributed by atoms with Gasteiger partial charge in [-0.1, -0.05) is 18.2 Å². The van der Waals surface area contributed by atoms with Crippen LogP contribution in [0, 0.1) is 0 Å². The number of carboxylic acid groups (broad SMARTS) is 1. The molecule has 1 N–H and O–H groups in total. The molecule has 1 aliphatic carbocycles. The van der Waals surface area contributed by atoms with Crippen molar-refractivity contribution < 1.29 is 28.9 Å². The highest BCUT2D eigenvalue weighted by Gasteiger charge is 2.42. The highest BCUT2D eigenvalue weighted by Crippen LogP contribution is 2.44. The van der Waals surface area contributed by atoms with Gasteiger partial charge in [-0.3, -0.25) is 9.78 Å². The molecule has 2 aliphatic heterocycles. The van der Waals surface area contributed by atoms with Crippen molar-refractivity contribution in [3.05, 3.63) is 77.7 Å². The zero-order valence-corrected chi connectivity index (χ0v) is 22.6. The smallest absolute Gasteiger partial charge is 0.337 e. The van der Waals surface area contributed by atoms with Gasteiger partial charge in [0.05, 0.1) is 18.2 Å². The Labute approximate surface area is 236 Å². The molecule has 1 saturated carbocycles. The number of amides is 1. The zero-order chi connectivity index (χ0) is 28.1. The quantitative estimate of drug-likeness (QED) is 0.355. The average molecular weight is 552 g/mol. The van der Waals surface area contributed by atoms with E-state index in [-0.39, 0.29) is 11.5 Å². The van der Waals surface area contributed by atoms with E-state index in [1.165, 1.54) is 11.8 Å². The number of carbonyl (C=O) groups excluding carboxylic acids is 1. The van der Waals surface area contributed by atoms with Crippen LogP contribution < -0.4 is 14.2 Å². The maximum atomic E-state index is 13.6. The summed E-state index contributed by atoms with van der Waals surface area (Å²) in [5.74, 6) is 1.28. The topological polar surface area (TPSA) is 111 Å². The van der Waals surface area contributed by atoms with E-state index in [1.807, 2.05) is 35.2 Å². The van der Waals surface area contributed by atoms with Gasteiger partial charge in [0.1, 0.15) is 23.7 Å². The SMILES string of the molecule is COc1cc(C(=O)N2CCC3(CC2)COc2cc(-c4cncc(C(=O)O)c4)ccc2O3)nc2c(C3CC3)cccc12. The molecule has 208 valence electrons. The van der Waals surface area contributed by atoms with Gasteiger partial charge in [0, 0.05) is 55.3 Å². The lowest BCUT2D eigenvalue weighted by Gasteiger charge is -2.44. The first-order valence-electron chi connectivity index (χ1n) is 13.8. The van der Waals surface area contributed by atoms with Crippen LogP contribution in [-0.2, 0) is 0 Å². The summed E-state index contributed by atoms with van der Waals surface area (Å²) in [6, 6.07) is 15.0. The number of aromatic nitrogens is 2. The Morgan fingerprint density at radius 1 is 1.02 bits per heavy atom. The largest absolute Gasteiger partial charge is 0.496 e. The Bertz CT molecular complexity index is 1690. The molecule has 0 radical (unpaired) electrons. The number of hydrogen-bond acceptors (Lipinski definition) is 7. The van der Waals surface area contributed by atoms with Crippen LogP contribution in [0.25, 0.3) is 22.0 Å². The van der Waals surface area contributed by atoms with Crippen molar-refractivity contribution in [2.75, 3.05) is 26.8 Å². The van der Waals surface area contributed by atoms with Crippen molar-refractivity contribution in [3.63, 3.8) is 0 Å². The van der Waals surface area contributed by atoms with E-state index in [1.54, 1.807) is 25.4 Å². The van der Waals surface area contributed by atoms with E-state index in [0.717, 1.165) is 29.3 Å². The predicted molar refractivity (Wildman–Crippen MR) is 151 cm³/mol. The molecule has 0 atom stereocenters. The highest BCUT2D eigenvalue weighted by atomic mass is 16.6. The molecule has 1 amide bonds. The van der Waals surface area contributed by atoms with Gasteiger partial charge < -0.3 is 24.2 Å². The van der Waals surface area contributed by atoms with E-state index in [0.29, 0.717) is 67.0 Å². The van der Waals surface area contributed by atoms with Crippen LogP contribution in [0.2, 0.25) is 0 Å². The summed E-state index contributed by atoms with van der Waals surface area (Å²) < 4.78 is 18.3. The molecule has 2 fully saturated rings. The number of benzene rings is 2. The van der Waals surface area contributed by atoms with Crippen molar-refractivity contribution in [1.82, 2.24) is 14.9 Å². The van der Waals surface area contributed by atoms with E-state index in [4.69, 9.17) is 19.2 Å². The molecule has 1 saturated heterocycles. The van der Waals surface area contributed by atoms with Crippen molar-refractivity contribution in [1.29, 1.82) is 0 Å². The van der Waals surface area contributed by atoms with Gasteiger partial charge in [0.15, 0.2) is 11.5 Å². The Morgan fingerprint density at radius 3 is 2.61 bits per heavy atom. The number of ether oxygens (including phenoxy) is 3. The number of fused-ring (bicyclic) bond motifs is 2. The Morgan fingerprint density at radius 2 is 1.85 bits per heavy atom. The molecule has 9 nitrogen and oxygen atoms in total. The number of carboxylic acids is 1. The molecule has 4 aromatic rings. The van der Waals surface area contributed by atoms with Crippen molar-refractivity contribution in [2.45, 2.75) is 37.2 Å². The van der Waals surface area contributed by atoms with E-state index in [2.05, 4.69) is 11.1 Å². The molecule has 0 unspecified atom stereocenters. The molecule has 9 heteroatoms. The number of aromatic carboxylic acids is 1. The molecule has 7 rings (SSSR count). The number of likely N-dealkylation sites (tertiary alicyclic amines) is 1. The van der Waals surface area contributed by atoms with E-state index in [9.17, 15) is 14.7 Å². The van der Waals surface area contributed by atoms with Crippen molar-refractivity contribution in [3.8, 4) is 28.4 Å². The fourth-order valence-electron chi connectivity index (χ4n) is 5.84. The van der Waals surface area contributed by atoms with Gasteiger partial charge in [-0.15, -0.1) is 0 Å². The van der Waals surface area contributed by atoms with E-state index < -0.39 is 11.6 Å². The molecular formula is C32H29N3O6. The van der Waals surface area contributed by atoms with Crippen LogP contribution in [0.15, 0.2) is 60.9 Å². The summed E-state index contributed by atoms with van der Waals surface area (Å²) in [5.41, 5.74) is 3.53. The number of pyridine rings is 2. The molecule has 41 heavy (non-hydrogen) atoms. The number of nitrogens with zero attached hydrogens (tertiary/aromatic N) is 3. The first kappa shape index (κ1) is 25.3. The average Bonchev–Trinajstić information content (AvgIpc) is 3.86. The third-order valence-electron chi connectivity index (χ3n) is 8.33. The Balaban J connectivity index is 1.07. The van der Waals surface area contributed by atoms with Gasteiger partial charge in [0.2, 0.25) is 0 Å². The fraction of sp³-hybridized carbons (Fsp3) is 0.312. The minimum atomic E-state index is -1.03. The summed E-state index contributed by atoms with van der Waals surface area (Å²) >= 11 is 0. The van der Waals surface area contributed by atoms with Gasteiger partial charge >= 0.3 is 5.97 Å². The minimum absolute atomic E-state index is 0.107. The predicted octanol–water partition coefficient (Wildman–Crippen LogP) is 5.33. The second-order valence-corrected chi connectivity index (χ2v) is 11.0. The van der Waals surface area contributed by atoms with Crippen LogP contribution in [0.1, 0.15) is 58.0 Å². The molecule has 0 bridgehead atoms. The number of para-hydroxylation sites is 1. The van der Waals surface area contributed by atoms with Crippen LogP contribution in [0.3, 0.4) is 0 Å². The van der Waals surface area contributed by atoms with Gasteiger partial charge in [-0.2, -0.15) is 0 Å². The van der Waals surface area contributed by atoms with Crippen LogP contribution >= 0.6 is 0 Å². The zero-order valence-electron chi connectivity index (χ0n) is 22.6. The monoisotopic (exact) mass is 551 g/mol. The number of carbonyl (C=O) groups is 2. The Kier molecular flexibility index (Phi) is 6.03. The fourth-order valence-corrected chi connectivity index (χ4v) is 5.84. The lowest BCUT2D eigenvalue weighted by atomic mass is 9.90. The van der Waals surface area contributed by atoms with Crippen LogP contribution in [0.4, 0.5) is 0 Å². The molecule has 4 heterocycles. The highest BCUT2D eigenvalue weighted by molar-refractivity contribution is 5.98.